The van der Waals surface area contributed by atoms with Crippen LogP contribution < -0.4 is 5.73 Å². The number of nitrogens with zero attached hydrogens (tertiary/aromatic N) is 1. The van der Waals surface area contributed by atoms with Crippen molar-refractivity contribution in [1.82, 2.24) is 0 Å². The first-order chi connectivity index (χ1) is 10.8. The van der Waals surface area contributed by atoms with Gasteiger partial charge in [0.05, 0.1) is 11.1 Å². The van der Waals surface area contributed by atoms with E-state index < -0.39 is 5.41 Å². The summed E-state index contributed by atoms with van der Waals surface area (Å²) in [5, 5.41) is 0. The highest BCUT2D eigenvalue weighted by Gasteiger charge is 2.21. The fourth-order valence-electron chi connectivity index (χ4n) is 2.10. The van der Waals surface area contributed by atoms with Gasteiger partial charge in [-0.15, -0.1) is 11.3 Å². The van der Waals surface area contributed by atoms with Crippen molar-refractivity contribution in [1.29, 1.82) is 0 Å². The molecule has 2 aromatic rings. The second kappa shape index (κ2) is 6.77. The maximum Gasteiger partial charge on any atom is 0.130 e. The van der Waals surface area contributed by atoms with Crippen molar-refractivity contribution < 1.29 is 4.79 Å². The molecule has 0 radical (unpaired) electrons. The molecule has 0 aliphatic heterocycles. The molecule has 0 amide bonds. The van der Waals surface area contributed by atoms with Crippen molar-refractivity contribution >= 4 is 29.5 Å². The summed E-state index contributed by atoms with van der Waals surface area (Å²) in [6, 6.07) is 12.0. The molecule has 1 aromatic carbocycles. The number of carbonyl (C=O) groups is 1. The second-order valence-corrected chi connectivity index (χ2v) is 7.73. The quantitative estimate of drug-likeness (QED) is 0.624. The molecule has 23 heavy (non-hydrogen) atoms. The molecule has 3 nitrogen and oxygen atoms in total. The maximum atomic E-state index is 11.1. The Bertz CT molecular complexity index is 696. The molecule has 0 saturated carbocycles. The number of hydrogen-bond donors (Lipinski definition) is 1. The summed E-state index contributed by atoms with van der Waals surface area (Å²) in [6.07, 6.45) is 3.71. The summed E-state index contributed by atoms with van der Waals surface area (Å²) in [6.45, 7) is 7.96. The van der Waals surface area contributed by atoms with Crippen molar-refractivity contribution in [3.8, 4) is 0 Å². The monoisotopic (exact) mass is 328 g/mol. The van der Waals surface area contributed by atoms with Gasteiger partial charge in [-0.1, -0.05) is 19.1 Å². The molecule has 1 heterocycles. The smallest absolute Gasteiger partial charge is 0.130 e. The zero-order valence-electron chi connectivity index (χ0n) is 14.2. The number of rotatable bonds is 6. The highest BCUT2D eigenvalue weighted by Crippen LogP contribution is 2.28. The van der Waals surface area contributed by atoms with Crippen LogP contribution in [0.1, 0.15) is 49.4 Å². The predicted octanol–water partition coefficient (Wildman–Crippen LogP) is 4.56. The standard InChI is InChI=1S/C19H24N2OS/c1-5-19(4,20)14-6-8-15(9-7-14)21-12-16-10-11-17(23-16)18(2,3)13-22/h6-13H,5,20H2,1-4H3/b21-12+. The van der Waals surface area contributed by atoms with Crippen LogP contribution in [0.15, 0.2) is 41.4 Å². The van der Waals surface area contributed by atoms with Gasteiger partial charge in [-0.3, -0.25) is 4.99 Å². The first kappa shape index (κ1) is 17.6. The summed E-state index contributed by atoms with van der Waals surface area (Å²) >= 11 is 1.59. The number of benzene rings is 1. The van der Waals surface area contributed by atoms with E-state index in [0.717, 1.165) is 33.7 Å². The molecule has 4 heteroatoms. The van der Waals surface area contributed by atoms with Gasteiger partial charge in [0.1, 0.15) is 6.29 Å². The van der Waals surface area contributed by atoms with Crippen LogP contribution in [0.2, 0.25) is 0 Å². The summed E-state index contributed by atoms with van der Waals surface area (Å²) in [5.41, 5.74) is 7.51. The van der Waals surface area contributed by atoms with Crippen molar-refractivity contribution in [3.05, 3.63) is 51.7 Å². The van der Waals surface area contributed by atoms with Crippen molar-refractivity contribution in [2.75, 3.05) is 0 Å². The molecule has 0 saturated heterocycles. The van der Waals surface area contributed by atoms with Gasteiger partial charge in [0, 0.05) is 21.5 Å². The van der Waals surface area contributed by atoms with Gasteiger partial charge in [-0.25, -0.2) is 0 Å². The molecule has 0 fully saturated rings. The summed E-state index contributed by atoms with van der Waals surface area (Å²) in [5.74, 6) is 0. The molecule has 0 bridgehead atoms. The zero-order chi connectivity index (χ0) is 17.1. The molecule has 0 aliphatic carbocycles. The fraction of sp³-hybridized carbons (Fsp3) is 0.368. The van der Waals surface area contributed by atoms with Gasteiger partial charge in [-0.05, 0) is 57.0 Å². The van der Waals surface area contributed by atoms with Crippen LogP contribution in [-0.2, 0) is 15.7 Å². The van der Waals surface area contributed by atoms with Crippen molar-refractivity contribution in [3.63, 3.8) is 0 Å². The third-order valence-corrected chi connectivity index (χ3v) is 5.52. The normalized spacial score (nSPS) is 14.8. The molecular weight excluding hydrogens is 304 g/mol. The van der Waals surface area contributed by atoms with Gasteiger partial charge < -0.3 is 10.5 Å². The molecule has 2 N–H and O–H groups in total. The highest BCUT2D eigenvalue weighted by molar-refractivity contribution is 7.14. The van der Waals surface area contributed by atoms with E-state index in [1.807, 2.05) is 63.4 Å². The van der Waals surface area contributed by atoms with Crippen molar-refractivity contribution in [2.24, 2.45) is 10.7 Å². The van der Waals surface area contributed by atoms with Crippen LogP contribution in [0.3, 0.4) is 0 Å². The van der Waals surface area contributed by atoms with Crippen LogP contribution in [-0.4, -0.2) is 12.5 Å². The molecule has 1 unspecified atom stereocenters. The molecule has 1 atom stereocenters. The van der Waals surface area contributed by atoms with E-state index in [2.05, 4.69) is 11.9 Å². The molecule has 0 aliphatic rings. The maximum absolute atomic E-state index is 11.1. The van der Waals surface area contributed by atoms with E-state index in [1.165, 1.54) is 0 Å². The second-order valence-electron chi connectivity index (χ2n) is 6.62. The van der Waals surface area contributed by atoms with Gasteiger partial charge in [-0.2, -0.15) is 0 Å². The lowest BCUT2D eigenvalue weighted by atomic mass is 9.90. The Kier molecular flexibility index (Phi) is 5.17. The van der Waals surface area contributed by atoms with E-state index in [9.17, 15) is 4.79 Å². The third-order valence-electron chi connectivity index (χ3n) is 4.16. The topological polar surface area (TPSA) is 55.4 Å². The Morgan fingerprint density at radius 2 is 1.78 bits per heavy atom. The number of nitrogens with two attached hydrogens (primary N) is 1. The number of carbonyl (C=O) groups excluding carboxylic acids is 1. The van der Waals surface area contributed by atoms with Gasteiger partial charge in [0.2, 0.25) is 0 Å². The number of thiophene rings is 1. The minimum absolute atomic E-state index is 0.300. The molecular formula is C19H24N2OS. The molecule has 122 valence electrons. The van der Waals surface area contributed by atoms with E-state index in [4.69, 9.17) is 5.73 Å². The van der Waals surface area contributed by atoms with E-state index in [1.54, 1.807) is 11.3 Å². The molecule has 2 rings (SSSR count). The first-order valence-electron chi connectivity index (χ1n) is 7.78. The minimum Gasteiger partial charge on any atom is -0.322 e. The van der Waals surface area contributed by atoms with Crippen LogP contribution in [0.5, 0.6) is 0 Å². The van der Waals surface area contributed by atoms with Crippen LogP contribution in [0, 0.1) is 0 Å². The number of aldehydes is 1. The number of aliphatic imine (C=N–C) groups is 1. The average molecular weight is 328 g/mol. The Morgan fingerprint density at radius 3 is 2.35 bits per heavy atom. The lowest BCUT2D eigenvalue weighted by Crippen LogP contribution is -2.31. The average Bonchev–Trinajstić information content (AvgIpc) is 3.03. The van der Waals surface area contributed by atoms with Crippen LogP contribution >= 0.6 is 11.3 Å². The van der Waals surface area contributed by atoms with Crippen LogP contribution in [0.25, 0.3) is 0 Å². The SMILES string of the molecule is CCC(C)(N)c1ccc(/N=C/c2ccc(C(C)(C)C=O)s2)cc1. The fourth-order valence-corrected chi connectivity index (χ4v) is 3.04. The largest absolute Gasteiger partial charge is 0.322 e. The Morgan fingerprint density at radius 1 is 1.13 bits per heavy atom. The predicted molar refractivity (Wildman–Crippen MR) is 98.9 cm³/mol. The van der Waals surface area contributed by atoms with E-state index >= 15 is 0 Å². The lowest BCUT2D eigenvalue weighted by Gasteiger charge is -2.23. The summed E-state index contributed by atoms with van der Waals surface area (Å²) in [7, 11) is 0. The van der Waals surface area contributed by atoms with Crippen molar-refractivity contribution in [2.45, 2.75) is 45.1 Å². The van der Waals surface area contributed by atoms with E-state index in [-0.39, 0.29) is 5.54 Å². The molecule has 0 spiro atoms. The third kappa shape index (κ3) is 4.15. The number of hydrogen-bond acceptors (Lipinski definition) is 4. The highest BCUT2D eigenvalue weighted by atomic mass is 32.1. The van der Waals surface area contributed by atoms with Gasteiger partial charge >= 0.3 is 0 Å². The van der Waals surface area contributed by atoms with Crippen LogP contribution in [0.4, 0.5) is 5.69 Å². The Labute approximate surface area is 142 Å². The zero-order valence-corrected chi connectivity index (χ0v) is 15.0. The van der Waals surface area contributed by atoms with Gasteiger partial charge in [0.15, 0.2) is 0 Å². The Hall–Kier alpha value is -1.78. The minimum atomic E-state index is -0.440. The Balaban J connectivity index is 2.13. The summed E-state index contributed by atoms with van der Waals surface area (Å²) < 4.78 is 0. The van der Waals surface area contributed by atoms with E-state index in [0.29, 0.717) is 0 Å². The first-order valence-corrected chi connectivity index (χ1v) is 8.60. The molecule has 1 aromatic heterocycles. The lowest BCUT2D eigenvalue weighted by molar-refractivity contribution is -0.111. The summed E-state index contributed by atoms with van der Waals surface area (Å²) in [4.78, 5) is 17.7. The van der Waals surface area contributed by atoms with Gasteiger partial charge in [0.25, 0.3) is 0 Å².